The van der Waals surface area contributed by atoms with Crippen LogP contribution in [0.25, 0.3) is 0 Å². The average Bonchev–Trinajstić information content (AvgIpc) is 3.68. The molecule has 8 atom stereocenters. The minimum absolute atomic E-state index is 0.0319. The largest absolute Gasteiger partial charge is 0.455 e. The Hall–Kier alpha value is -3.80. The molecule has 1 unspecified atom stereocenters. The topological polar surface area (TPSA) is 125 Å². The number of halogens is 1. The Balaban J connectivity index is 1.53. The minimum Gasteiger partial charge on any atom is -0.455 e. The van der Waals surface area contributed by atoms with Crippen molar-refractivity contribution < 1.29 is 33.8 Å². The Labute approximate surface area is 290 Å². The van der Waals surface area contributed by atoms with E-state index in [0.29, 0.717) is 24.0 Å². The van der Waals surface area contributed by atoms with Gasteiger partial charge in [-0.25, -0.2) is 0 Å². The number of benzene rings is 2. The SMILES string of the molecule is C=CCCC(=O)NC[C@H](OC(=O)[C@@H]1[C@H]2O[C@@]3(CC2Br)[C@H](C(=O)N(CC=C)C(C)C)N([C@H](CO)c2ccccc2)C(=O)[C@@H]13)c1ccccc1. The second-order valence-electron chi connectivity index (χ2n) is 12.9. The summed E-state index contributed by atoms with van der Waals surface area (Å²) in [5.41, 5.74) is -0.0189. The molecule has 10 nitrogen and oxygen atoms in total. The number of aliphatic hydroxyl groups excluding tert-OH is 1. The van der Waals surface area contributed by atoms with Crippen LogP contribution in [0.3, 0.4) is 0 Å². The van der Waals surface area contributed by atoms with Crippen LogP contribution in [0.15, 0.2) is 86.0 Å². The maximum atomic E-state index is 14.8. The number of rotatable bonds is 15. The Morgan fingerprint density at radius 2 is 1.75 bits per heavy atom. The molecule has 0 aliphatic carbocycles. The maximum absolute atomic E-state index is 14.8. The monoisotopic (exact) mass is 721 g/mol. The second kappa shape index (κ2) is 15.2. The third-order valence-electron chi connectivity index (χ3n) is 9.65. The van der Waals surface area contributed by atoms with Crippen molar-refractivity contribution in [3.8, 4) is 0 Å². The highest BCUT2D eigenvalue weighted by Gasteiger charge is 2.77. The summed E-state index contributed by atoms with van der Waals surface area (Å²) < 4.78 is 12.8. The van der Waals surface area contributed by atoms with Gasteiger partial charge in [-0.3, -0.25) is 19.2 Å². The molecule has 1 spiro atoms. The predicted octanol–water partition coefficient (Wildman–Crippen LogP) is 4.26. The lowest BCUT2D eigenvalue weighted by Crippen LogP contribution is -2.58. The van der Waals surface area contributed by atoms with Gasteiger partial charge in [0, 0.05) is 23.8 Å². The van der Waals surface area contributed by atoms with Gasteiger partial charge in [-0.2, -0.15) is 0 Å². The van der Waals surface area contributed by atoms with Crippen LogP contribution >= 0.6 is 15.9 Å². The molecule has 2 N–H and O–H groups in total. The standard InChI is InChI=1S/C37H44BrN3O7/c1-5-7-18-29(43)39-21-28(25-16-12-9-13-17-25)47-36(46)30-31-34(44)41(27(22-42)24-14-10-8-11-15-24)33(35(45)40(19-6-2)23(3)4)37(31)20-26(38)32(30)48-37/h5-6,8-17,23,26-28,30-33,42H,1-2,7,18-22H2,3-4H3,(H,39,43)/t26?,27-,28+,30+,31-,32+,33+,37-/m1/s1. The van der Waals surface area contributed by atoms with Crippen LogP contribution in [0.1, 0.15) is 56.4 Å². The van der Waals surface area contributed by atoms with E-state index in [0.717, 1.165) is 0 Å². The van der Waals surface area contributed by atoms with Gasteiger partial charge in [-0.05, 0) is 37.8 Å². The lowest BCUT2D eigenvalue weighted by atomic mass is 9.70. The Kier molecular flexibility index (Phi) is 11.2. The summed E-state index contributed by atoms with van der Waals surface area (Å²) in [4.78, 5) is 58.9. The molecule has 3 aliphatic heterocycles. The number of esters is 1. The fraction of sp³-hybridized carbons (Fsp3) is 0.459. The number of aliphatic hydroxyl groups is 1. The van der Waals surface area contributed by atoms with Crippen molar-refractivity contribution in [2.45, 2.75) is 73.9 Å². The third kappa shape index (κ3) is 6.60. The molecule has 5 rings (SSSR count). The lowest BCUT2D eigenvalue weighted by molar-refractivity contribution is -0.161. The summed E-state index contributed by atoms with van der Waals surface area (Å²) in [5.74, 6) is -3.72. The van der Waals surface area contributed by atoms with Crippen LogP contribution in [-0.4, -0.2) is 86.9 Å². The van der Waals surface area contributed by atoms with E-state index in [1.807, 2.05) is 62.4 Å². The molecule has 0 saturated carbocycles. The first kappa shape index (κ1) is 35.5. The maximum Gasteiger partial charge on any atom is 0.313 e. The number of ether oxygens (including phenoxy) is 2. The number of carbonyl (C=O) groups is 4. The molecule has 0 radical (unpaired) electrons. The highest BCUT2D eigenvalue weighted by molar-refractivity contribution is 9.09. The predicted molar refractivity (Wildman–Crippen MR) is 184 cm³/mol. The molecule has 3 saturated heterocycles. The molecule has 3 aliphatic rings. The van der Waals surface area contributed by atoms with Gasteiger partial charge in [0.1, 0.15) is 17.7 Å². The molecule has 3 fully saturated rings. The van der Waals surface area contributed by atoms with Gasteiger partial charge in [0.05, 0.1) is 37.1 Å². The zero-order valence-corrected chi connectivity index (χ0v) is 29.0. The molecule has 11 heteroatoms. The zero-order chi connectivity index (χ0) is 34.6. The van der Waals surface area contributed by atoms with Gasteiger partial charge in [-0.1, -0.05) is 88.7 Å². The van der Waals surface area contributed by atoms with E-state index in [2.05, 4.69) is 34.4 Å². The molecular formula is C37H44BrN3O7. The molecule has 2 aromatic rings. The van der Waals surface area contributed by atoms with Crippen LogP contribution in [-0.2, 0) is 28.7 Å². The molecule has 2 bridgehead atoms. The zero-order valence-electron chi connectivity index (χ0n) is 27.4. The van der Waals surface area contributed by atoms with Gasteiger partial charge >= 0.3 is 5.97 Å². The summed E-state index contributed by atoms with van der Waals surface area (Å²) in [6.07, 6.45) is 2.79. The number of amides is 3. The van der Waals surface area contributed by atoms with Crippen LogP contribution in [0.4, 0.5) is 0 Å². The van der Waals surface area contributed by atoms with Crippen LogP contribution in [0.2, 0.25) is 0 Å². The van der Waals surface area contributed by atoms with Crippen molar-refractivity contribution >= 4 is 39.6 Å². The minimum atomic E-state index is -1.35. The molecule has 3 amide bonds. The first-order chi connectivity index (χ1) is 23.1. The lowest BCUT2D eigenvalue weighted by Gasteiger charge is -2.40. The van der Waals surface area contributed by atoms with Crippen molar-refractivity contribution in [2.75, 3.05) is 19.7 Å². The van der Waals surface area contributed by atoms with E-state index in [-0.39, 0.29) is 42.2 Å². The fourth-order valence-corrected chi connectivity index (χ4v) is 8.42. The number of nitrogens with one attached hydrogen (secondary N) is 1. The van der Waals surface area contributed by atoms with Crippen molar-refractivity contribution in [1.82, 2.24) is 15.1 Å². The molecule has 3 heterocycles. The van der Waals surface area contributed by atoms with E-state index in [4.69, 9.17) is 9.47 Å². The third-order valence-corrected chi connectivity index (χ3v) is 10.5. The number of carbonyl (C=O) groups excluding carboxylic acids is 4. The molecular weight excluding hydrogens is 678 g/mol. The van der Waals surface area contributed by atoms with Gasteiger partial charge in [-0.15, -0.1) is 13.2 Å². The van der Waals surface area contributed by atoms with E-state index in [9.17, 15) is 24.3 Å². The Morgan fingerprint density at radius 1 is 1.10 bits per heavy atom. The number of nitrogens with zero attached hydrogens (tertiary/aromatic N) is 2. The summed E-state index contributed by atoms with van der Waals surface area (Å²) in [6.45, 7) is 11.1. The van der Waals surface area contributed by atoms with Crippen molar-refractivity contribution in [1.29, 1.82) is 0 Å². The number of likely N-dealkylation sites (tertiary alicyclic amines) is 1. The molecule has 256 valence electrons. The van der Waals surface area contributed by atoms with Crippen molar-refractivity contribution in [3.63, 3.8) is 0 Å². The molecule has 48 heavy (non-hydrogen) atoms. The fourth-order valence-electron chi connectivity index (χ4n) is 7.47. The quantitative estimate of drug-likeness (QED) is 0.160. The van der Waals surface area contributed by atoms with Crippen LogP contribution in [0, 0.1) is 11.8 Å². The van der Waals surface area contributed by atoms with Crippen LogP contribution in [0.5, 0.6) is 0 Å². The first-order valence-corrected chi connectivity index (χ1v) is 17.3. The van der Waals surface area contributed by atoms with Crippen molar-refractivity contribution in [3.05, 3.63) is 97.1 Å². The Bertz CT molecular complexity index is 1500. The number of allylic oxidation sites excluding steroid dienone is 1. The highest BCUT2D eigenvalue weighted by atomic mass is 79.9. The van der Waals surface area contributed by atoms with E-state index in [1.165, 1.54) is 4.90 Å². The molecule has 2 aromatic carbocycles. The van der Waals surface area contributed by atoms with Gasteiger partial charge in [0.25, 0.3) is 0 Å². The highest BCUT2D eigenvalue weighted by Crippen LogP contribution is 2.61. The van der Waals surface area contributed by atoms with Gasteiger partial charge in [0.15, 0.2) is 0 Å². The van der Waals surface area contributed by atoms with Crippen molar-refractivity contribution in [2.24, 2.45) is 11.8 Å². The molecule has 0 aromatic heterocycles. The Morgan fingerprint density at radius 3 is 2.33 bits per heavy atom. The van der Waals surface area contributed by atoms with E-state index < -0.39 is 60.2 Å². The number of fused-ring (bicyclic) bond motifs is 1. The summed E-state index contributed by atoms with van der Waals surface area (Å²) in [5, 5.41) is 13.6. The van der Waals surface area contributed by atoms with Crippen LogP contribution < -0.4 is 5.32 Å². The van der Waals surface area contributed by atoms with Gasteiger partial charge < -0.3 is 29.7 Å². The smallest absolute Gasteiger partial charge is 0.313 e. The number of hydrogen-bond donors (Lipinski definition) is 2. The van der Waals surface area contributed by atoms with Gasteiger partial charge in [0.2, 0.25) is 17.7 Å². The average molecular weight is 723 g/mol. The van der Waals surface area contributed by atoms with E-state index in [1.54, 1.807) is 29.2 Å². The summed E-state index contributed by atoms with van der Waals surface area (Å²) in [7, 11) is 0. The number of alkyl halides is 1. The normalized spacial score (nSPS) is 26.9. The summed E-state index contributed by atoms with van der Waals surface area (Å²) in [6, 6.07) is 15.9. The second-order valence-corrected chi connectivity index (χ2v) is 14.0. The first-order valence-electron chi connectivity index (χ1n) is 16.4. The van der Waals surface area contributed by atoms with E-state index >= 15 is 0 Å². The number of hydrogen-bond acceptors (Lipinski definition) is 7. The summed E-state index contributed by atoms with van der Waals surface area (Å²) >= 11 is 3.71.